The molecule has 0 spiro atoms. The Morgan fingerprint density at radius 2 is 1.90 bits per heavy atom. The van der Waals surface area contributed by atoms with E-state index in [4.69, 9.17) is 30.9 Å². The smallest absolute Gasteiger partial charge is 0.380 e. The summed E-state index contributed by atoms with van der Waals surface area (Å²) < 4.78 is 34.1. The maximum Gasteiger partial charge on any atom is 0.380 e. The summed E-state index contributed by atoms with van der Waals surface area (Å²) in [6.45, 7) is 0.287. The van der Waals surface area contributed by atoms with Gasteiger partial charge in [0.1, 0.15) is 12.7 Å². The molecular weight excluding hydrogens is 419 g/mol. The molecule has 0 saturated heterocycles. The highest BCUT2D eigenvalue weighted by molar-refractivity contribution is 7.84. The number of nitrogens with two attached hydrogens (primary N) is 1. The van der Waals surface area contributed by atoms with Gasteiger partial charge in [0.25, 0.3) is 0 Å². The molecule has 0 saturated carbocycles. The van der Waals surface area contributed by atoms with Gasteiger partial charge < -0.3 is 8.92 Å². The van der Waals surface area contributed by atoms with Crippen LogP contribution in [0.4, 0.5) is 5.69 Å². The van der Waals surface area contributed by atoms with Crippen molar-refractivity contribution in [1.82, 2.24) is 14.9 Å². The summed E-state index contributed by atoms with van der Waals surface area (Å²) in [5.41, 5.74) is 1.95. The fourth-order valence-corrected chi connectivity index (χ4v) is 3.29. The number of hydrogen-bond acceptors (Lipinski definition) is 8. The molecular formula is C17H15ClN6O4S. The third-order valence-corrected chi connectivity index (χ3v) is 4.48. The molecule has 2 aromatic carbocycles. The van der Waals surface area contributed by atoms with Gasteiger partial charge in [0.2, 0.25) is 5.75 Å². The van der Waals surface area contributed by atoms with E-state index in [1.165, 1.54) is 25.8 Å². The van der Waals surface area contributed by atoms with Crippen molar-refractivity contribution in [3.8, 4) is 17.6 Å². The van der Waals surface area contributed by atoms with Gasteiger partial charge in [-0.1, -0.05) is 11.6 Å². The van der Waals surface area contributed by atoms with Crippen LogP contribution in [-0.2, 0) is 16.8 Å². The van der Waals surface area contributed by atoms with E-state index >= 15 is 0 Å². The van der Waals surface area contributed by atoms with Crippen molar-refractivity contribution in [3.63, 3.8) is 0 Å². The summed E-state index contributed by atoms with van der Waals surface area (Å²) in [7, 11) is -2.92. The van der Waals surface area contributed by atoms with E-state index in [1.807, 2.05) is 5.01 Å². The first-order valence-corrected chi connectivity index (χ1v) is 9.87. The largest absolute Gasteiger partial charge is 0.493 e. The molecule has 150 valence electrons. The second kappa shape index (κ2) is 8.36. The topological polar surface area (TPSA) is 136 Å². The quantitative estimate of drug-likeness (QED) is 0.596. The SMILES string of the molecule is [11CH3]Oc1cc(CN(c2ccc(C#N)cc2)n2cnnc2)cc(Cl)c1OS(N)(=O)=O. The number of ether oxygens (including phenoxy) is 1. The van der Waals surface area contributed by atoms with Gasteiger partial charge in [0.15, 0.2) is 5.75 Å². The van der Waals surface area contributed by atoms with Crippen LogP contribution in [0.15, 0.2) is 49.1 Å². The Kier molecular flexibility index (Phi) is 5.88. The van der Waals surface area contributed by atoms with Crippen LogP contribution in [0.3, 0.4) is 0 Å². The number of anilines is 1. The first-order chi connectivity index (χ1) is 13.8. The predicted molar refractivity (Wildman–Crippen MR) is 104 cm³/mol. The van der Waals surface area contributed by atoms with Gasteiger partial charge in [0.05, 0.1) is 36.0 Å². The standard InChI is InChI=1S/C17H15ClN6O4S/c1-27-16-7-13(6-15(18)17(16)28-29(20,25)26)9-24(23-10-21-22-11-23)14-4-2-12(8-19)3-5-14/h2-7,10-11H,9H2,1H3,(H2,20,25,26)/i1-1. The summed E-state index contributed by atoms with van der Waals surface area (Å²) in [4.78, 5) is 0. The number of methoxy groups -OCH3 is 1. The number of hydrogen-bond donors (Lipinski definition) is 1. The summed E-state index contributed by atoms with van der Waals surface area (Å²) in [5, 5.41) is 23.4. The summed E-state index contributed by atoms with van der Waals surface area (Å²) in [6, 6.07) is 12.1. The lowest BCUT2D eigenvalue weighted by molar-refractivity contribution is 0.390. The summed E-state index contributed by atoms with van der Waals surface area (Å²) in [5.74, 6) is -0.0975. The average molecular weight is 434 g/mol. The van der Waals surface area contributed by atoms with Crippen LogP contribution in [0, 0.1) is 11.3 Å². The van der Waals surface area contributed by atoms with Crippen LogP contribution in [0.25, 0.3) is 0 Å². The van der Waals surface area contributed by atoms with Crippen LogP contribution in [0.5, 0.6) is 11.5 Å². The molecule has 10 nitrogen and oxygen atoms in total. The second-order valence-corrected chi connectivity index (χ2v) is 7.30. The van der Waals surface area contributed by atoms with Gasteiger partial charge in [-0.2, -0.15) is 18.8 Å². The van der Waals surface area contributed by atoms with Crippen LogP contribution in [0.1, 0.15) is 11.1 Å². The molecule has 0 fully saturated rings. The van der Waals surface area contributed by atoms with Gasteiger partial charge in [0, 0.05) is 0 Å². The van der Waals surface area contributed by atoms with E-state index in [9.17, 15) is 8.42 Å². The molecule has 3 aromatic rings. The third kappa shape index (κ3) is 4.94. The van der Waals surface area contributed by atoms with Crippen molar-refractivity contribution in [2.45, 2.75) is 6.54 Å². The summed E-state index contributed by atoms with van der Waals surface area (Å²) in [6.07, 6.45) is 3.02. The van der Waals surface area contributed by atoms with E-state index in [-0.39, 0.29) is 23.1 Å². The molecule has 0 amide bonds. The Hall–Kier alpha value is -3.33. The minimum Gasteiger partial charge on any atom is -0.493 e. The average Bonchev–Trinajstić information content (AvgIpc) is 3.21. The Labute approximate surface area is 171 Å². The normalized spacial score (nSPS) is 11.0. The van der Waals surface area contributed by atoms with Gasteiger partial charge in [-0.25, -0.2) is 4.68 Å². The van der Waals surface area contributed by atoms with Crippen LogP contribution >= 0.6 is 11.6 Å². The van der Waals surface area contributed by atoms with Crippen molar-refractivity contribution < 1.29 is 17.3 Å². The van der Waals surface area contributed by atoms with E-state index in [0.717, 1.165) is 5.69 Å². The van der Waals surface area contributed by atoms with E-state index in [2.05, 4.69) is 16.3 Å². The number of nitrogens with zero attached hydrogens (tertiary/aromatic N) is 5. The fourth-order valence-electron chi connectivity index (χ4n) is 2.57. The molecule has 0 unspecified atom stereocenters. The van der Waals surface area contributed by atoms with Crippen molar-refractivity contribution in [3.05, 3.63) is 65.2 Å². The molecule has 0 aliphatic rings. The van der Waals surface area contributed by atoms with E-state index < -0.39 is 10.3 Å². The fraction of sp³-hybridized carbons (Fsp3) is 0.118. The molecule has 12 heteroatoms. The van der Waals surface area contributed by atoms with E-state index in [1.54, 1.807) is 35.0 Å². The number of benzene rings is 2. The minimum atomic E-state index is -4.28. The van der Waals surface area contributed by atoms with Crippen molar-refractivity contribution in [2.24, 2.45) is 5.14 Å². The molecule has 0 atom stereocenters. The lowest BCUT2D eigenvalue weighted by Crippen LogP contribution is -2.28. The Balaban J connectivity index is 1.99. The van der Waals surface area contributed by atoms with Gasteiger partial charge in [-0.15, -0.1) is 10.2 Å². The predicted octanol–water partition coefficient (Wildman–Crippen LogP) is 1.86. The monoisotopic (exact) mass is 433 g/mol. The summed E-state index contributed by atoms with van der Waals surface area (Å²) >= 11 is 6.20. The maximum absolute atomic E-state index is 11.3. The number of halogens is 1. The van der Waals surface area contributed by atoms with Gasteiger partial charge >= 0.3 is 10.3 Å². The molecule has 0 radical (unpaired) electrons. The number of nitriles is 1. The molecule has 0 aliphatic heterocycles. The first kappa shape index (κ1) is 20.4. The zero-order chi connectivity index (χ0) is 21.0. The van der Waals surface area contributed by atoms with Gasteiger partial charge in [-0.05, 0) is 42.0 Å². The second-order valence-electron chi connectivity index (χ2n) is 5.74. The van der Waals surface area contributed by atoms with Crippen molar-refractivity contribution in [1.29, 1.82) is 5.26 Å². The highest BCUT2D eigenvalue weighted by atomic mass is 35.5. The number of rotatable bonds is 7. The van der Waals surface area contributed by atoms with Crippen LogP contribution < -0.4 is 19.1 Å². The highest BCUT2D eigenvalue weighted by Gasteiger charge is 2.19. The molecule has 1 aromatic heterocycles. The Morgan fingerprint density at radius 1 is 1.24 bits per heavy atom. The van der Waals surface area contributed by atoms with Gasteiger partial charge in [-0.3, -0.25) is 5.01 Å². The molecule has 29 heavy (non-hydrogen) atoms. The molecule has 1 heterocycles. The molecule has 0 bridgehead atoms. The molecule has 3 rings (SSSR count). The lowest BCUT2D eigenvalue weighted by atomic mass is 10.1. The molecule has 2 N–H and O–H groups in total. The van der Waals surface area contributed by atoms with E-state index in [0.29, 0.717) is 11.1 Å². The third-order valence-electron chi connectivity index (χ3n) is 3.80. The van der Waals surface area contributed by atoms with Crippen molar-refractivity contribution >= 4 is 27.6 Å². The van der Waals surface area contributed by atoms with Crippen LogP contribution in [-0.4, -0.2) is 30.4 Å². The van der Waals surface area contributed by atoms with Crippen LogP contribution in [0.2, 0.25) is 5.02 Å². The Bertz CT molecular complexity index is 1140. The zero-order valence-electron chi connectivity index (χ0n) is 15.1. The molecule has 0 aliphatic carbocycles. The zero-order valence-corrected chi connectivity index (χ0v) is 16.6. The first-order valence-electron chi connectivity index (χ1n) is 8.02. The lowest BCUT2D eigenvalue weighted by Gasteiger charge is -2.25. The number of aromatic nitrogens is 3. The van der Waals surface area contributed by atoms with Crippen molar-refractivity contribution in [2.75, 3.05) is 12.1 Å². The highest BCUT2D eigenvalue weighted by Crippen LogP contribution is 2.37. The maximum atomic E-state index is 11.3. The minimum absolute atomic E-state index is 0.0110. The Morgan fingerprint density at radius 3 is 2.45 bits per heavy atom.